The first-order valence-corrected chi connectivity index (χ1v) is 12.0. The van der Waals surface area contributed by atoms with Gasteiger partial charge in [0.1, 0.15) is 12.4 Å². The predicted octanol–water partition coefficient (Wildman–Crippen LogP) is 2.09. The molecule has 0 spiro atoms. The van der Waals surface area contributed by atoms with Crippen molar-refractivity contribution in [3.63, 3.8) is 0 Å². The highest BCUT2D eigenvalue weighted by atomic mass is 32.2. The maximum absolute atomic E-state index is 12.7. The molecule has 1 aliphatic rings. The largest absolute Gasteiger partial charge is 0.492 e. The van der Waals surface area contributed by atoms with Crippen molar-refractivity contribution in [1.29, 1.82) is 0 Å². The van der Waals surface area contributed by atoms with Crippen LogP contribution < -0.4 is 14.8 Å². The minimum atomic E-state index is -3.48. The van der Waals surface area contributed by atoms with Crippen molar-refractivity contribution in [2.24, 2.45) is 0 Å². The number of anilines is 1. The van der Waals surface area contributed by atoms with Gasteiger partial charge in [0, 0.05) is 26.2 Å². The standard InChI is InChI=1S/C22H29N3O5S/c1-2-31(27,28)24-21-9-4-3-8-20(21)22(26)23-17-18-6-5-7-19(16-18)30-15-12-25-10-13-29-14-11-25/h3-9,16,24H,2,10-15,17H2,1H3,(H,23,26). The molecular weight excluding hydrogens is 418 g/mol. The van der Waals surface area contributed by atoms with Crippen LogP contribution >= 0.6 is 0 Å². The van der Waals surface area contributed by atoms with Crippen LogP contribution in [-0.4, -0.2) is 64.4 Å². The minimum absolute atomic E-state index is 0.0682. The lowest BCUT2D eigenvalue weighted by Crippen LogP contribution is -2.38. The number of rotatable bonds is 10. The second-order valence-corrected chi connectivity index (χ2v) is 9.19. The van der Waals surface area contributed by atoms with Crippen LogP contribution in [0.25, 0.3) is 0 Å². The summed E-state index contributed by atoms with van der Waals surface area (Å²) in [5, 5.41) is 2.84. The highest BCUT2D eigenvalue weighted by molar-refractivity contribution is 7.92. The van der Waals surface area contributed by atoms with E-state index in [4.69, 9.17) is 9.47 Å². The molecule has 2 aromatic rings. The van der Waals surface area contributed by atoms with Gasteiger partial charge in [0.15, 0.2) is 0 Å². The predicted molar refractivity (Wildman–Crippen MR) is 120 cm³/mol. The summed E-state index contributed by atoms with van der Waals surface area (Å²) in [6.07, 6.45) is 0. The molecule has 0 radical (unpaired) electrons. The van der Waals surface area contributed by atoms with Gasteiger partial charge >= 0.3 is 0 Å². The van der Waals surface area contributed by atoms with Gasteiger partial charge in [0.25, 0.3) is 5.91 Å². The van der Waals surface area contributed by atoms with Crippen molar-refractivity contribution in [2.75, 3.05) is 49.9 Å². The summed E-state index contributed by atoms with van der Waals surface area (Å²) in [6, 6.07) is 14.1. The Hall–Kier alpha value is -2.62. The van der Waals surface area contributed by atoms with E-state index in [1.54, 1.807) is 31.2 Å². The summed E-state index contributed by atoms with van der Waals surface area (Å²) in [7, 11) is -3.48. The molecule has 0 aliphatic carbocycles. The third kappa shape index (κ3) is 7.23. The number of hydrogen-bond donors (Lipinski definition) is 2. The fourth-order valence-corrected chi connectivity index (χ4v) is 3.81. The lowest BCUT2D eigenvalue weighted by molar-refractivity contribution is 0.0322. The fraction of sp³-hybridized carbons (Fsp3) is 0.409. The first-order valence-electron chi connectivity index (χ1n) is 10.4. The fourth-order valence-electron chi connectivity index (χ4n) is 3.15. The van der Waals surface area contributed by atoms with Crippen molar-refractivity contribution in [2.45, 2.75) is 13.5 Å². The van der Waals surface area contributed by atoms with Crippen LogP contribution in [0.2, 0.25) is 0 Å². The molecule has 8 nitrogen and oxygen atoms in total. The number of carbonyl (C=O) groups is 1. The zero-order valence-electron chi connectivity index (χ0n) is 17.7. The summed E-state index contributed by atoms with van der Waals surface area (Å²) in [5.41, 5.74) is 1.43. The number of benzene rings is 2. The Morgan fingerprint density at radius 2 is 1.90 bits per heavy atom. The monoisotopic (exact) mass is 447 g/mol. The van der Waals surface area contributed by atoms with E-state index in [0.29, 0.717) is 13.2 Å². The van der Waals surface area contributed by atoms with Crippen molar-refractivity contribution in [3.05, 3.63) is 59.7 Å². The first-order chi connectivity index (χ1) is 15.0. The second kappa shape index (κ2) is 11.1. The molecular formula is C22H29N3O5S. The maximum Gasteiger partial charge on any atom is 0.253 e. The molecule has 1 amide bonds. The second-order valence-electron chi connectivity index (χ2n) is 7.18. The van der Waals surface area contributed by atoms with Gasteiger partial charge in [-0.05, 0) is 36.8 Å². The average molecular weight is 448 g/mol. The number of nitrogens with one attached hydrogen (secondary N) is 2. The molecule has 0 atom stereocenters. The molecule has 3 rings (SSSR count). The van der Waals surface area contributed by atoms with E-state index >= 15 is 0 Å². The minimum Gasteiger partial charge on any atom is -0.492 e. The molecule has 31 heavy (non-hydrogen) atoms. The molecule has 2 N–H and O–H groups in total. The molecule has 0 bridgehead atoms. The first kappa shape index (κ1) is 23.1. The summed E-state index contributed by atoms with van der Waals surface area (Å²) in [6.45, 7) is 6.64. The van der Waals surface area contributed by atoms with Crippen LogP contribution in [0, 0.1) is 0 Å². The Kier molecular flexibility index (Phi) is 8.27. The van der Waals surface area contributed by atoms with Crippen LogP contribution in [-0.2, 0) is 21.3 Å². The number of hydrogen-bond acceptors (Lipinski definition) is 6. The third-order valence-corrected chi connectivity index (χ3v) is 6.24. The van der Waals surface area contributed by atoms with E-state index in [1.165, 1.54) is 0 Å². The van der Waals surface area contributed by atoms with Gasteiger partial charge in [-0.3, -0.25) is 14.4 Å². The molecule has 1 fully saturated rings. The van der Waals surface area contributed by atoms with Gasteiger partial charge < -0.3 is 14.8 Å². The molecule has 0 unspecified atom stereocenters. The molecule has 1 saturated heterocycles. The average Bonchev–Trinajstić information content (AvgIpc) is 2.79. The summed E-state index contributed by atoms with van der Waals surface area (Å²) < 4.78 is 37.4. The number of amides is 1. The Morgan fingerprint density at radius 3 is 2.68 bits per heavy atom. The Balaban J connectivity index is 1.54. The van der Waals surface area contributed by atoms with Gasteiger partial charge in [-0.1, -0.05) is 24.3 Å². The number of sulfonamides is 1. The zero-order chi connectivity index (χ0) is 22.1. The normalized spacial score (nSPS) is 14.7. The van der Waals surface area contributed by atoms with E-state index in [1.807, 2.05) is 24.3 Å². The van der Waals surface area contributed by atoms with Gasteiger partial charge in [-0.2, -0.15) is 0 Å². The molecule has 2 aromatic carbocycles. The molecule has 168 valence electrons. The maximum atomic E-state index is 12.7. The van der Waals surface area contributed by atoms with Crippen LogP contribution in [0.5, 0.6) is 5.75 Å². The lowest BCUT2D eigenvalue weighted by atomic mass is 10.1. The van der Waals surface area contributed by atoms with Gasteiger partial charge in [-0.15, -0.1) is 0 Å². The number of carbonyl (C=O) groups excluding carboxylic acids is 1. The van der Waals surface area contributed by atoms with E-state index < -0.39 is 10.0 Å². The molecule has 0 saturated carbocycles. The van der Waals surface area contributed by atoms with Gasteiger partial charge in [-0.25, -0.2) is 8.42 Å². The van der Waals surface area contributed by atoms with Crippen LogP contribution in [0.1, 0.15) is 22.8 Å². The van der Waals surface area contributed by atoms with Gasteiger partial charge in [0.05, 0.1) is 30.2 Å². The summed E-state index contributed by atoms with van der Waals surface area (Å²) in [5.74, 6) is 0.325. The van der Waals surface area contributed by atoms with E-state index in [0.717, 1.165) is 44.2 Å². The van der Waals surface area contributed by atoms with Crippen molar-refractivity contribution in [3.8, 4) is 5.75 Å². The van der Waals surface area contributed by atoms with Crippen molar-refractivity contribution < 1.29 is 22.7 Å². The quantitative estimate of drug-likeness (QED) is 0.579. The molecule has 1 aliphatic heterocycles. The van der Waals surface area contributed by atoms with Crippen molar-refractivity contribution >= 4 is 21.6 Å². The molecule has 1 heterocycles. The number of para-hydroxylation sites is 1. The smallest absolute Gasteiger partial charge is 0.253 e. The van der Waals surface area contributed by atoms with E-state index in [-0.39, 0.29) is 22.9 Å². The Morgan fingerprint density at radius 1 is 1.13 bits per heavy atom. The lowest BCUT2D eigenvalue weighted by Gasteiger charge is -2.26. The van der Waals surface area contributed by atoms with Crippen LogP contribution in [0.3, 0.4) is 0 Å². The number of morpholine rings is 1. The van der Waals surface area contributed by atoms with Crippen LogP contribution in [0.15, 0.2) is 48.5 Å². The molecule has 9 heteroatoms. The highest BCUT2D eigenvalue weighted by Gasteiger charge is 2.15. The third-order valence-electron chi connectivity index (χ3n) is 4.95. The van der Waals surface area contributed by atoms with E-state index in [2.05, 4.69) is 14.9 Å². The van der Waals surface area contributed by atoms with E-state index in [9.17, 15) is 13.2 Å². The topological polar surface area (TPSA) is 97.0 Å². The number of nitrogens with zero attached hydrogens (tertiary/aromatic N) is 1. The SMILES string of the molecule is CCS(=O)(=O)Nc1ccccc1C(=O)NCc1cccc(OCCN2CCOCC2)c1. The Labute approximate surface area is 183 Å². The van der Waals surface area contributed by atoms with Crippen LogP contribution in [0.4, 0.5) is 5.69 Å². The van der Waals surface area contributed by atoms with Crippen molar-refractivity contribution in [1.82, 2.24) is 10.2 Å². The molecule has 0 aromatic heterocycles. The number of ether oxygens (including phenoxy) is 2. The Bertz CT molecular complexity index is 975. The highest BCUT2D eigenvalue weighted by Crippen LogP contribution is 2.18. The van der Waals surface area contributed by atoms with Gasteiger partial charge in [0.2, 0.25) is 10.0 Å². The summed E-state index contributed by atoms with van der Waals surface area (Å²) in [4.78, 5) is 15.0. The summed E-state index contributed by atoms with van der Waals surface area (Å²) >= 11 is 0. The zero-order valence-corrected chi connectivity index (χ0v) is 18.5.